The first-order valence-corrected chi connectivity index (χ1v) is 10.6. The molecule has 0 atom stereocenters. The van der Waals surface area contributed by atoms with Crippen LogP contribution in [0.1, 0.15) is 38.5 Å². The van der Waals surface area contributed by atoms with Gasteiger partial charge in [0.2, 0.25) is 0 Å². The molecule has 28 heavy (non-hydrogen) atoms. The van der Waals surface area contributed by atoms with Gasteiger partial charge in [-0.3, -0.25) is 0 Å². The van der Waals surface area contributed by atoms with E-state index in [1.165, 1.54) is 38.5 Å². The van der Waals surface area contributed by atoms with Crippen molar-refractivity contribution in [3.8, 4) is 5.75 Å². The number of para-hydroxylation sites is 2. The Balaban J connectivity index is 1.53. The number of piperazine rings is 1. The van der Waals surface area contributed by atoms with Gasteiger partial charge in [0.05, 0.1) is 12.8 Å². The van der Waals surface area contributed by atoms with Crippen LogP contribution in [0.2, 0.25) is 0 Å². The largest absolute Gasteiger partial charge is 0.495 e. The first kappa shape index (κ1) is 20.8. The molecule has 1 aliphatic carbocycles. The van der Waals surface area contributed by atoms with Gasteiger partial charge >= 0.3 is 6.03 Å². The van der Waals surface area contributed by atoms with Crippen molar-refractivity contribution in [3.63, 3.8) is 0 Å². The summed E-state index contributed by atoms with van der Waals surface area (Å²) in [6.45, 7) is 3.86. The number of benzene rings is 1. The molecule has 0 unspecified atom stereocenters. The summed E-state index contributed by atoms with van der Waals surface area (Å²) in [4.78, 5) is 19.4. The first-order valence-electron chi connectivity index (χ1n) is 10.6. The third kappa shape index (κ3) is 4.72. The van der Waals surface area contributed by atoms with Crippen molar-refractivity contribution in [3.05, 3.63) is 24.3 Å². The molecule has 1 saturated heterocycles. The highest BCUT2D eigenvalue weighted by atomic mass is 16.5. The molecule has 0 aromatic heterocycles. The number of amides is 2. The van der Waals surface area contributed by atoms with Crippen molar-refractivity contribution in [2.45, 2.75) is 44.1 Å². The maximum atomic E-state index is 12.8. The van der Waals surface area contributed by atoms with Gasteiger partial charge in [0, 0.05) is 38.3 Å². The summed E-state index contributed by atoms with van der Waals surface area (Å²) in [5, 5.41) is 3.25. The quantitative estimate of drug-likeness (QED) is 0.787. The van der Waals surface area contributed by atoms with Crippen LogP contribution in [0, 0.1) is 0 Å². The number of rotatable bonds is 5. The monoisotopic (exact) mass is 388 g/mol. The molecular formula is C22H36N4O2. The van der Waals surface area contributed by atoms with Gasteiger partial charge < -0.3 is 24.8 Å². The predicted octanol–water partition coefficient (Wildman–Crippen LogP) is 3.18. The Morgan fingerprint density at radius 2 is 1.71 bits per heavy atom. The van der Waals surface area contributed by atoms with Crippen molar-refractivity contribution in [1.29, 1.82) is 0 Å². The van der Waals surface area contributed by atoms with Crippen molar-refractivity contribution in [2.24, 2.45) is 0 Å². The van der Waals surface area contributed by atoms with Crippen LogP contribution in [0.4, 0.5) is 10.5 Å². The Morgan fingerprint density at radius 3 is 2.32 bits per heavy atom. The molecule has 1 aromatic rings. The van der Waals surface area contributed by atoms with Crippen LogP contribution in [0.25, 0.3) is 0 Å². The van der Waals surface area contributed by atoms with Crippen molar-refractivity contribution in [2.75, 3.05) is 58.8 Å². The van der Waals surface area contributed by atoms with Crippen LogP contribution in [-0.4, -0.2) is 75.3 Å². The zero-order chi connectivity index (χ0) is 20.0. The maximum Gasteiger partial charge on any atom is 0.317 e. The van der Waals surface area contributed by atoms with E-state index in [1.807, 2.05) is 23.1 Å². The van der Waals surface area contributed by atoms with E-state index in [4.69, 9.17) is 4.74 Å². The van der Waals surface area contributed by atoms with Crippen molar-refractivity contribution >= 4 is 11.7 Å². The molecule has 0 radical (unpaired) electrons. The molecule has 1 heterocycles. The summed E-state index contributed by atoms with van der Waals surface area (Å²) in [5.41, 5.74) is 1.21. The Hall–Kier alpha value is -1.95. The Morgan fingerprint density at radius 1 is 1.07 bits per heavy atom. The zero-order valence-electron chi connectivity index (χ0n) is 17.7. The molecule has 3 rings (SSSR count). The summed E-state index contributed by atoms with van der Waals surface area (Å²) in [7, 11) is 6.02. The Bertz CT molecular complexity index is 633. The molecule has 156 valence electrons. The summed E-state index contributed by atoms with van der Waals surface area (Å²) in [5.74, 6) is 0.890. The fraction of sp³-hybridized carbons (Fsp3) is 0.682. The maximum absolute atomic E-state index is 12.8. The minimum atomic E-state index is 0.0742. The van der Waals surface area contributed by atoms with Crippen LogP contribution in [0.15, 0.2) is 24.3 Å². The lowest BCUT2D eigenvalue weighted by atomic mass is 9.89. The molecule has 1 saturated carbocycles. The van der Waals surface area contributed by atoms with Crippen LogP contribution < -0.4 is 15.0 Å². The van der Waals surface area contributed by atoms with Gasteiger partial charge in [0.15, 0.2) is 0 Å². The lowest BCUT2D eigenvalue weighted by Crippen LogP contribution is -2.57. The third-order valence-electron chi connectivity index (χ3n) is 6.54. The third-order valence-corrected chi connectivity index (χ3v) is 6.54. The number of nitrogens with zero attached hydrogens (tertiary/aromatic N) is 3. The van der Waals surface area contributed by atoms with Crippen LogP contribution >= 0.6 is 0 Å². The van der Waals surface area contributed by atoms with E-state index in [2.05, 4.69) is 35.3 Å². The molecule has 6 nitrogen and oxygen atoms in total. The predicted molar refractivity (Wildman–Crippen MR) is 114 cm³/mol. The molecule has 2 fully saturated rings. The van der Waals surface area contributed by atoms with Crippen LogP contribution in [0.3, 0.4) is 0 Å². The fourth-order valence-electron chi connectivity index (χ4n) is 4.56. The lowest BCUT2D eigenvalue weighted by Gasteiger charge is -2.41. The van der Waals surface area contributed by atoms with Gasteiger partial charge in [-0.1, -0.05) is 37.8 Å². The Labute approximate surface area is 169 Å². The van der Waals surface area contributed by atoms with Gasteiger partial charge in [-0.05, 0) is 39.1 Å². The summed E-state index contributed by atoms with van der Waals surface area (Å²) >= 11 is 0. The van der Waals surface area contributed by atoms with E-state index in [0.29, 0.717) is 0 Å². The second-order valence-corrected chi connectivity index (χ2v) is 8.34. The molecule has 1 aromatic carbocycles. The average molecular weight is 389 g/mol. The highest BCUT2D eigenvalue weighted by molar-refractivity contribution is 5.74. The van der Waals surface area contributed by atoms with Crippen LogP contribution in [-0.2, 0) is 0 Å². The molecule has 2 aliphatic rings. The summed E-state index contributed by atoms with van der Waals surface area (Å²) < 4.78 is 5.48. The van der Waals surface area contributed by atoms with Crippen molar-refractivity contribution < 1.29 is 9.53 Å². The van der Waals surface area contributed by atoms with Crippen molar-refractivity contribution in [1.82, 2.24) is 15.1 Å². The minimum absolute atomic E-state index is 0.0742. The van der Waals surface area contributed by atoms with Gasteiger partial charge in [0.1, 0.15) is 5.75 Å². The molecule has 2 amide bonds. The number of methoxy groups -OCH3 is 1. The number of nitrogens with one attached hydrogen (secondary N) is 1. The second-order valence-electron chi connectivity index (χ2n) is 8.34. The zero-order valence-corrected chi connectivity index (χ0v) is 17.7. The molecular weight excluding hydrogens is 352 g/mol. The highest BCUT2D eigenvalue weighted by Crippen LogP contribution is 2.31. The number of hydrogen-bond acceptors (Lipinski definition) is 4. The number of hydrogen-bond donors (Lipinski definition) is 1. The molecule has 0 bridgehead atoms. The van der Waals surface area contributed by atoms with Gasteiger partial charge in [-0.25, -0.2) is 4.79 Å². The molecule has 1 aliphatic heterocycles. The van der Waals surface area contributed by atoms with Crippen LogP contribution in [0.5, 0.6) is 5.75 Å². The number of likely N-dealkylation sites (N-methyl/N-ethyl adjacent to an activating group) is 1. The molecule has 6 heteroatoms. The SMILES string of the molecule is COc1ccccc1N1CCN(C(=O)NCC2(N(C)C)CCCCCC2)CC1. The van der Waals surface area contributed by atoms with E-state index in [9.17, 15) is 4.79 Å². The topological polar surface area (TPSA) is 48.1 Å². The first-order chi connectivity index (χ1) is 13.6. The summed E-state index contributed by atoms with van der Waals surface area (Å²) in [6, 6.07) is 8.17. The van der Waals surface area contributed by atoms with E-state index in [0.717, 1.165) is 44.2 Å². The average Bonchev–Trinajstić information content (AvgIpc) is 2.99. The number of carbonyl (C=O) groups is 1. The van der Waals surface area contributed by atoms with E-state index >= 15 is 0 Å². The van der Waals surface area contributed by atoms with E-state index in [-0.39, 0.29) is 11.6 Å². The fourth-order valence-corrected chi connectivity index (χ4v) is 4.56. The summed E-state index contributed by atoms with van der Waals surface area (Å²) in [6.07, 6.45) is 7.48. The highest BCUT2D eigenvalue weighted by Gasteiger charge is 2.34. The number of urea groups is 1. The number of ether oxygens (including phenoxy) is 1. The minimum Gasteiger partial charge on any atom is -0.495 e. The number of carbonyl (C=O) groups excluding carboxylic acids is 1. The number of anilines is 1. The van der Waals surface area contributed by atoms with E-state index < -0.39 is 0 Å². The second kappa shape index (κ2) is 9.50. The standard InChI is InChI=1S/C22H36N4O2/c1-24(2)22(12-8-4-5-9-13-22)18-23-21(27)26-16-14-25(15-17-26)19-10-6-7-11-20(19)28-3/h6-7,10-11H,4-5,8-9,12-18H2,1-3H3,(H,23,27). The van der Waals surface area contributed by atoms with Gasteiger partial charge in [0.25, 0.3) is 0 Å². The van der Waals surface area contributed by atoms with E-state index in [1.54, 1.807) is 7.11 Å². The van der Waals surface area contributed by atoms with Gasteiger partial charge in [-0.15, -0.1) is 0 Å². The molecule has 0 spiro atoms. The lowest BCUT2D eigenvalue weighted by molar-refractivity contribution is 0.123. The Kier molecular flexibility index (Phi) is 7.05. The normalized spacial score (nSPS) is 20.0. The molecule has 1 N–H and O–H groups in total. The van der Waals surface area contributed by atoms with Gasteiger partial charge in [-0.2, -0.15) is 0 Å². The smallest absolute Gasteiger partial charge is 0.317 e.